The molecule has 0 heterocycles. The third-order valence-electron chi connectivity index (χ3n) is 2.53. The van der Waals surface area contributed by atoms with Crippen molar-refractivity contribution in [1.29, 1.82) is 5.26 Å². The number of benzene rings is 1. The van der Waals surface area contributed by atoms with E-state index >= 15 is 0 Å². The molecule has 1 aromatic rings. The molecule has 0 aliphatic carbocycles. The summed E-state index contributed by atoms with van der Waals surface area (Å²) in [6.07, 6.45) is 1.44. The van der Waals surface area contributed by atoms with Gasteiger partial charge in [-0.15, -0.1) is 0 Å². The van der Waals surface area contributed by atoms with Crippen LogP contribution in [0.15, 0.2) is 28.7 Å². The van der Waals surface area contributed by atoms with Gasteiger partial charge in [0.25, 0.3) is 0 Å². The second kappa shape index (κ2) is 7.08. The Bertz CT molecular complexity index is 408. The Balaban J connectivity index is 2.37. The zero-order chi connectivity index (χ0) is 12.7. The van der Waals surface area contributed by atoms with E-state index in [2.05, 4.69) is 15.9 Å². The lowest BCUT2D eigenvalue weighted by Crippen LogP contribution is -2.28. The van der Waals surface area contributed by atoms with Crippen molar-refractivity contribution in [3.05, 3.63) is 34.3 Å². The predicted octanol–water partition coefficient (Wildman–Crippen LogP) is 2.75. The van der Waals surface area contributed by atoms with Crippen LogP contribution in [0.25, 0.3) is 0 Å². The molecule has 1 rings (SSSR count). The van der Waals surface area contributed by atoms with Crippen LogP contribution in [0.4, 0.5) is 0 Å². The second-order valence-corrected chi connectivity index (χ2v) is 4.77. The van der Waals surface area contributed by atoms with Crippen LogP contribution in [0.1, 0.15) is 18.4 Å². The van der Waals surface area contributed by atoms with Crippen LogP contribution in [0.5, 0.6) is 0 Å². The van der Waals surface area contributed by atoms with E-state index in [1.807, 2.05) is 30.3 Å². The molecule has 0 bridgehead atoms. The molecule has 3 nitrogen and oxygen atoms in total. The summed E-state index contributed by atoms with van der Waals surface area (Å²) in [5.41, 5.74) is 1.20. The number of likely N-dealkylation sites (N-methyl/N-ethyl adjacent to an activating group) is 1. The summed E-state index contributed by atoms with van der Waals surface area (Å²) in [4.78, 5) is 13.2. The van der Waals surface area contributed by atoms with Crippen molar-refractivity contribution < 1.29 is 4.79 Å². The van der Waals surface area contributed by atoms with E-state index < -0.39 is 0 Å². The number of carbonyl (C=O) groups excluding carboxylic acids is 1. The highest BCUT2D eigenvalue weighted by molar-refractivity contribution is 9.10. The van der Waals surface area contributed by atoms with Gasteiger partial charge >= 0.3 is 0 Å². The molecule has 0 saturated heterocycles. The van der Waals surface area contributed by atoms with Crippen LogP contribution < -0.4 is 0 Å². The average Bonchev–Trinajstić information content (AvgIpc) is 2.34. The smallest absolute Gasteiger partial charge is 0.223 e. The van der Waals surface area contributed by atoms with Gasteiger partial charge in [-0.3, -0.25) is 4.79 Å². The van der Waals surface area contributed by atoms with E-state index in [0.29, 0.717) is 19.4 Å². The van der Waals surface area contributed by atoms with Gasteiger partial charge < -0.3 is 4.90 Å². The Kier molecular flexibility index (Phi) is 5.71. The van der Waals surface area contributed by atoms with Gasteiger partial charge in [0.15, 0.2) is 0 Å². The largest absolute Gasteiger partial charge is 0.345 e. The first kappa shape index (κ1) is 13.7. The Morgan fingerprint density at radius 1 is 1.41 bits per heavy atom. The highest BCUT2D eigenvalue weighted by Gasteiger charge is 2.07. The summed E-state index contributed by atoms with van der Waals surface area (Å²) < 4.78 is 1.06. The standard InChI is InChI=1S/C13H15BrN2O/c1-16(13(17)3-2-9-15)10-8-11-4-6-12(14)7-5-11/h4-7H,2-3,8,10H2,1H3. The van der Waals surface area contributed by atoms with Gasteiger partial charge in [0.2, 0.25) is 5.91 Å². The average molecular weight is 295 g/mol. The first-order valence-corrected chi connectivity index (χ1v) is 6.28. The molecule has 0 radical (unpaired) electrons. The topological polar surface area (TPSA) is 44.1 Å². The Hall–Kier alpha value is -1.34. The van der Waals surface area contributed by atoms with Gasteiger partial charge in [-0.05, 0) is 24.1 Å². The predicted molar refractivity (Wildman–Crippen MR) is 70.3 cm³/mol. The first-order valence-electron chi connectivity index (χ1n) is 5.49. The van der Waals surface area contributed by atoms with Crippen LogP contribution in [0, 0.1) is 11.3 Å². The maximum Gasteiger partial charge on any atom is 0.223 e. The molecule has 1 amide bonds. The van der Waals surface area contributed by atoms with E-state index in [1.165, 1.54) is 5.56 Å². The molecule has 4 heteroatoms. The molecule has 90 valence electrons. The molecule has 0 aliphatic heterocycles. The van der Waals surface area contributed by atoms with Gasteiger partial charge in [-0.1, -0.05) is 28.1 Å². The van der Waals surface area contributed by atoms with Crippen LogP contribution in [-0.2, 0) is 11.2 Å². The minimum absolute atomic E-state index is 0.0312. The molecule has 0 unspecified atom stereocenters. The molecule has 0 spiro atoms. The van der Waals surface area contributed by atoms with E-state index in [-0.39, 0.29) is 5.91 Å². The molecule has 0 fully saturated rings. The van der Waals surface area contributed by atoms with E-state index in [0.717, 1.165) is 10.9 Å². The number of amides is 1. The number of nitriles is 1. The lowest BCUT2D eigenvalue weighted by Gasteiger charge is -2.16. The first-order chi connectivity index (χ1) is 8.13. The SMILES string of the molecule is CN(CCc1ccc(Br)cc1)C(=O)CCC#N. The van der Waals surface area contributed by atoms with Crippen molar-refractivity contribution in [2.24, 2.45) is 0 Å². The maximum atomic E-state index is 11.5. The van der Waals surface area contributed by atoms with Gasteiger partial charge in [0.05, 0.1) is 6.07 Å². The molecule has 17 heavy (non-hydrogen) atoms. The van der Waals surface area contributed by atoms with Crippen LogP contribution >= 0.6 is 15.9 Å². The highest BCUT2D eigenvalue weighted by atomic mass is 79.9. The zero-order valence-electron chi connectivity index (χ0n) is 9.82. The zero-order valence-corrected chi connectivity index (χ0v) is 11.4. The normalized spacial score (nSPS) is 9.71. The molecule has 0 saturated carbocycles. The quantitative estimate of drug-likeness (QED) is 0.838. The Morgan fingerprint density at radius 3 is 2.65 bits per heavy atom. The number of nitrogens with zero attached hydrogens (tertiary/aromatic N) is 2. The second-order valence-electron chi connectivity index (χ2n) is 3.85. The number of hydrogen-bond acceptors (Lipinski definition) is 2. The third-order valence-corrected chi connectivity index (χ3v) is 3.05. The summed E-state index contributed by atoms with van der Waals surface area (Å²) in [6, 6.07) is 10.0. The Morgan fingerprint density at radius 2 is 2.06 bits per heavy atom. The van der Waals surface area contributed by atoms with Crippen molar-refractivity contribution in [3.63, 3.8) is 0 Å². The molecule has 0 atom stereocenters. The Labute approximate surface area is 110 Å². The summed E-state index contributed by atoms with van der Waals surface area (Å²) in [6.45, 7) is 0.686. The van der Waals surface area contributed by atoms with Gasteiger partial charge in [0, 0.05) is 30.9 Å². The van der Waals surface area contributed by atoms with Crippen molar-refractivity contribution in [2.75, 3.05) is 13.6 Å². The summed E-state index contributed by atoms with van der Waals surface area (Å²) in [5, 5.41) is 8.41. The summed E-state index contributed by atoms with van der Waals surface area (Å²) >= 11 is 3.38. The third kappa shape index (κ3) is 5.01. The van der Waals surface area contributed by atoms with Crippen LogP contribution in [-0.4, -0.2) is 24.4 Å². The lowest BCUT2D eigenvalue weighted by molar-refractivity contribution is -0.129. The van der Waals surface area contributed by atoms with Crippen molar-refractivity contribution in [2.45, 2.75) is 19.3 Å². The fraction of sp³-hybridized carbons (Fsp3) is 0.385. The minimum Gasteiger partial charge on any atom is -0.345 e. The molecule has 0 aromatic heterocycles. The van der Waals surface area contributed by atoms with Crippen molar-refractivity contribution >= 4 is 21.8 Å². The lowest BCUT2D eigenvalue weighted by atomic mass is 10.1. The monoisotopic (exact) mass is 294 g/mol. The van der Waals surface area contributed by atoms with E-state index in [9.17, 15) is 4.79 Å². The van der Waals surface area contributed by atoms with Crippen molar-refractivity contribution in [3.8, 4) is 6.07 Å². The van der Waals surface area contributed by atoms with Gasteiger partial charge in [-0.2, -0.15) is 5.26 Å². The highest BCUT2D eigenvalue weighted by Crippen LogP contribution is 2.11. The molecule has 0 N–H and O–H groups in total. The fourth-order valence-corrected chi connectivity index (χ4v) is 1.69. The molecule has 1 aromatic carbocycles. The fourth-order valence-electron chi connectivity index (χ4n) is 1.43. The number of halogens is 1. The van der Waals surface area contributed by atoms with Gasteiger partial charge in [-0.25, -0.2) is 0 Å². The minimum atomic E-state index is 0.0312. The molecular formula is C13H15BrN2O. The number of carbonyl (C=O) groups is 1. The molecule has 0 aliphatic rings. The number of hydrogen-bond donors (Lipinski definition) is 0. The van der Waals surface area contributed by atoms with E-state index in [4.69, 9.17) is 5.26 Å². The summed E-state index contributed by atoms with van der Waals surface area (Å²) in [7, 11) is 1.78. The summed E-state index contributed by atoms with van der Waals surface area (Å²) in [5.74, 6) is 0.0312. The maximum absolute atomic E-state index is 11.5. The van der Waals surface area contributed by atoms with Crippen molar-refractivity contribution in [1.82, 2.24) is 4.90 Å². The van der Waals surface area contributed by atoms with E-state index in [1.54, 1.807) is 11.9 Å². The van der Waals surface area contributed by atoms with Crippen LogP contribution in [0.3, 0.4) is 0 Å². The molecular weight excluding hydrogens is 280 g/mol. The van der Waals surface area contributed by atoms with Gasteiger partial charge in [0.1, 0.15) is 0 Å². The van der Waals surface area contributed by atoms with Crippen LogP contribution in [0.2, 0.25) is 0 Å². The number of rotatable bonds is 5.